The molecule has 5 nitrogen and oxygen atoms in total. The molecule has 25 heavy (non-hydrogen) atoms. The normalized spacial score (nSPS) is 12.7. The molecule has 3 heterocycles. The molecule has 1 aliphatic rings. The molecule has 5 heteroatoms. The van der Waals surface area contributed by atoms with Crippen molar-refractivity contribution >= 4 is 17.4 Å². The minimum absolute atomic E-state index is 0.118. The van der Waals surface area contributed by atoms with Crippen LogP contribution in [0.15, 0.2) is 73.2 Å². The van der Waals surface area contributed by atoms with E-state index in [4.69, 9.17) is 0 Å². The highest BCUT2D eigenvalue weighted by Gasteiger charge is 2.28. The maximum absolute atomic E-state index is 13.2. The van der Waals surface area contributed by atoms with Gasteiger partial charge in [-0.3, -0.25) is 9.20 Å². The second-order valence-corrected chi connectivity index (χ2v) is 6.02. The molecule has 5 rings (SSSR count). The first-order valence-corrected chi connectivity index (χ1v) is 8.10. The molecule has 0 saturated carbocycles. The molecule has 0 radical (unpaired) electrons. The molecule has 1 amide bonds. The molecular weight excluding hydrogens is 312 g/mol. The third-order valence-electron chi connectivity index (χ3n) is 4.53. The first-order valence-electron chi connectivity index (χ1n) is 8.10. The number of amides is 1. The summed E-state index contributed by atoms with van der Waals surface area (Å²) >= 11 is 0. The zero-order chi connectivity index (χ0) is 16.8. The van der Waals surface area contributed by atoms with Gasteiger partial charge in [0, 0.05) is 24.2 Å². The van der Waals surface area contributed by atoms with E-state index < -0.39 is 0 Å². The highest BCUT2D eigenvalue weighted by Crippen LogP contribution is 2.39. The first kappa shape index (κ1) is 13.9. The van der Waals surface area contributed by atoms with Crippen molar-refractivity contribution in [1.29, 1.82) is 0 Å². The van der Waals surface area contributed by atoms with E-state index in [1.165, 1.54) is 5.56 Å². The Bertz CT molecular complexity index is 1080. The van der Waals surface area contributed by atoms with E-state index in [-0.39, 0.29) is 5.91 Å². The Kier molecular flexibility index (Phi) is 2.94. The van der Waals surface area contributed by atoms with Crippen LogP contribution in [0.2, 0.25) is 0 Å². The van der Waals surface area contributed by atoms with Crippen LogP contribution in [0.4, 0.5) is 5.69 Å². The van der Waals surface area contributed by atoms with Crippen LogP contribution < -0.4 is 4.90 Å². The zero-order valence-electron chi connectivity index (χ0n) is 13.3. The summed E-state index contributed by atoms with van der Waals surface area (Å²) in [7, 11) is 0. The standard InChI is InChI=1S/C20H14N4O/c25-19(17-13-23-11-5-10-21-20(23)22-17)24-12-14-6-1-2-7-15(14)16-8-3-4-9-18(16)24/h1-11,13H,12H2. The Morgan fingerprint density at radius 3 is 2.64 bits per heavy atom. The van der Waals surface area contributed by atoms with Gasteiger partial charge < -0.3 is 4.90 Å². The van der Waals surface area contributed by atoms with Gasteiger partial charge in [-0.1, -0.05) is 42.5 Å². The van der Waals surface area contributed by atoms with Crippen LogP contribution in [-0.2, 0) is 6.54 Å². The van der Waals surface area contributed by atoms with E-state index in [0.717, 1.165) is 16.8 Å². The lowest BCUT2D eigenvalue weighted by Gasteiger charge is -2.30. The summed E-state index contributed by atoms with van der Waals surface area (Å²) in [5.74, 6) is 0.406. The fourth-order valence-electron chi connectivity index (χ4n) is 3.37. The van der Waals surface area contributed by atoms with E-state index in [0.29, 0.717) is 18.0 Å². The van der Waals surface area contributed by atoms with Crippen LogP contribution >= 0.6 is 0 Å². The minimum atomic E-state index is -0.118. The van der Waals surface area contributed by atoms with Gasteiger partial charge >= 0.3 is 0 Å². The van der Waals surface area contributed by atoms with Crippen LogP contribution in [0.5, 0.6) is 0 Å². The van der Waals surface area contributed by atoms with Crippen LogP contribution in [0.3, 0.4) is 0 Å². The lowest BCUT2D eigenvalue weighted by molar-refractivity contribution is 0.0980. The van der Waals surface area contributed by atoms with E-state index in [2.05, 4.69) is 28.2 Å². The van der Waals surface area contributed by atoms with Crippen LogP contribution in [0.25, 0.3) is 16.9 Å². The molecule has 0 fully saturated rings. The van der Waals surface area contributed by atoms with Gasteiger partial charge in [0.2, 0.25) is 5.78 Å². The summed E-state index contributed by atoms with van der Waals surface area (Å²) < 4.78 is 1.76. The third kappa shape index (κ3) is 2.13. The van der Waals surface area contributed by atoms with E-state index in [1.54, 1.807) is 21.7 Å². The number of hydrogen-bond donors (Lipinski definition) is 0. The molecule has 0 saturated heterocycles. The van der Waals surface area contributed by atoms with Gasteiger partial charge in [0.15, 0.2) is 0 Å². The van der Waals surface area contributed by atoms with E-state index >= 15 is 0 Å². The molecule has 120 valence electrons. The summed E-state index contributed by atoms with van der Waals surface area (Å²) in [6, 6.07) is 18.0. The average molecular weight is 326 g/mol. The summed E-state index contributed by atoms with van der Waals surface area (Å²) in [5.41, 5.74) is 4.69. The number of para-hydroxylation sites is 1. The third-order valence-corrected chi connectivity index (χ3v) is 4.53. The van der Waals surface area contributed by atoms with Gasteiger partial charge in [-0.25, -0.2) is 9.97 Å². The first-order chi connectivity index (χ1) is 12.3. The van der Waals surface area contributed by atoms with Gasteiger partial charge in [0.05, 0.1) is 12.2 Å². The van der Waals surface area contributed by atoms with Crippen molar-refractivity contribution in [3.05, 3.63) is 84.4 Å². The monoisotopic (exact) mass is 326 g/mol. The number of anilines is 1. The zero-order valence-corrected chi connectivity index (χ0v) is 13.3. The predicted octanol–water partition coefficient (Wildman–Crippen LogP) is 3.56. The Morgan fingerprint density at radius 2 is 1.76 bits per heavy atom. The lowest BCUT2D eigenvalue weighted by Crippen LogP contribution is -2.33. The Hall–Kier alpha value is -3.47. The summed E-state index contributed by atoms with van der Waals surface area (Å²) in [4.78, 5) is 23.5. The van der Waals surface area contributed by atoms with Crippen molar-refractivity contribution in [3.8, 4) is 11.1 Å². The van der Waals surface area contributed by atoms with E-state index in [1.807, 2.05) is 42.6 Å². The van der Waals surface area contributed by atoms with Crippen molar-refractivity contribution in [3.63, 3.8) is 0 Å². The maximum Gasteiger partial charge on any atom is 0.278 e. The summed E-state index contributed by atoms with van der Waals surface area (Å²) in [6.45, 7) is 0.535. The Labute approximate surface area is 144 Å². The van der Waals surface area contributed by atoms with Gasteiger partial charge in [0.25, 0.3) is 5.91 Å². The number of imidazole rings is 1. The molecule has 0 unspecified atom stereocenters. The van der Waals surface area contributed by atoms with Crippen molar-refractivity contribution < 1.29 is 4.79 Å². The topological polar surface area (TPSA) is 50.5 Å². The second kappa shape index (κ2) is 5.27. The number of rotatable bonds is 1. The highest BCUT2D eigenvalue weighted by molar-refractivity contribution is 6.08. The minimum Gasteiger partial charge on any atom is -0.302 e. The number of carbonyl (C=O) groups is 1. The SMILES string of the molecule is O=C(c1cn2cccnc2n1)N1Cc2ccccc2-c2ccccc21. The Morgan fingerprint density at radius 1 is 0.960 bits per heavy atom. The molecule has 2 aromatic carbocycles. The van der Waals surface area contributed by atoms with Crippen molar-refractivity contribution in [2.24, 2.45) is 0 Å². The smallest absolute Gasteiger partial charge is 0.278 e. The number of benzene rings is 2. The van der Waals surface area contributed by atoms with Crippen molar-refractivity contribution in [1.82, 2.24) is 14.4 Å². The van der Waals surface area contributed by atoms with Gasteiger partial charge in [-0.15, -0.1) is 0 Å². The number of hydrogen-bond acceptors (Lipinski definition) is 3. The fraction of sp³-hybridized carbons (Fsp3) is 0.0500. The molecular formula is C20H14N4O. The van der Waals surface area contributed by atoms with E-state index in [9.17, 15) is 4.79 Å². The molecule has 2 aromatic heterocycles. The van der Waals surface area contributed by atoms with Gasteiger partial charge in [-0.05, 0) is 23.3 Å². The quantitative estimate of drug-likeness (QED) is 0.537. The van der Waals surface area contributed by atoms with Crippen LogP contribution in [-0.4, -0.2) is 20.3 Å². The molecule has 0 N–H and O–H groups in total. The molecule has 1 aliphatic heterocycles. The number of fused-ring (bicyclic) bond motifs is 4. The summed E-state index contributed by atoms with van der Waals surface area (Å²) in [5, 5.41) is 0. The summed E-state index contributed by atoms with van der Waals surface area (Å²) in [6.07, 6.45) is 5.24. The molecule has 4 aromatic rings. The largest absolute Gasteiger partial charge is 0.302 e. The van der Waals surface area contributed by atoms with Gasteiger partial charge in [-0.2, -0.15) is 0 Å². The predicted molar refractivity (Wildman–Crippen MR) is 95.4 cm³/mol. The molecule has 0 atom stereocenters. The van der Waals surface area contributed by atoms with Crippen molar-refractivity contribution in [2.45, 2.75) is 6.54 Å². The second-order valence-electron chi connectivity index (χ2n) is 6.02. The van der Waals surface area contributed by atoms with Crippen LogP contribution in [0.1, 0.15) is 16.1 Å². The molecule has 0 spiro atoms. The highest BCUT2D eigenvalue weighted by atomic mass is 16.2. The number of aromatic nitrogens is 3. The number of carbonyl (C=O) groups excluding carboxylic acids is 1. The van der Waals surface area contributed by atoms with Crippen LogP contribution in [0, 0.1) is 0 Å². The van der Waals surface area contributed by atoms with Gasteiger partial charge in [0.1, 0.15) is 5.69 Å². The fourth-order valence-corrected chi connectivity index (χ4v) is 3.37. The lowest BCUT2D eigenvalue weighted by atomic mass is 9.93. The molecule has 0 aliphatic carbocycles. The Balaban J connectivity index is 1.63. The van der Waals surface area contributed by atoms with Crippen molar-refractivity contribution in [2.75, 3.05) is 4.90 Å². The molecule has 0 bridgehead atoms. The maximum atomic E-state index is 13.2. The number of nitrogens with zero attached hydrogens (tertiary/aromatic N) is 4. The average Bonchev–Trinajstić information content (AvgIpc) is 3.11.